The van der Waals surface area contributed by atoms with Crippen molar-refractivity contribution in [3.8, 4) is 11.5 Å². The zero-order chi connectivity index (χ0) is 20.1. The molecule has 2 aromatic carbocycles. The highest BCUT2D eigenvalue weighted by Gasteiger charge is 2.43. The van der Waals surface area contributed by atoms with Crippen LogP contribution in [0.25, 0.3) is 0 Å². The molecule has 0 bridgehead atoms. The number of halogens is 3. The minimum atomic E-state index is -4.52. The second kappa shape index (κ2) is 6.70. The highest BCUT2D eigenvalue weighted by atomic mass is 19.4. The van der Waals surface area contributed by atoms with Crippen molar-refractivity contribution in [2.75, 3.05) is 20.1 Å². The van der Waals surface area contributed by atoms with Crippen molar-refractivity contribution in [3.05, 3.63) is 59.2 Å². The maximum absolute atomic E-state index is 13.0. The molecule has 2 aliphatic rings. The molecule has 0 unspecified atom stereocenters. The van der Waals surface area contributed by atoms with Crippen molar-refractivity contribution in [1.82, 2.24) is 9.80 Å². The van der Waals surface area contributed by atoms with Crippen LogP contribution in [0.3, 0.4) is 0 Å². The monoisotopic (exact) mass is 392 g/mol. The van der Waals surface area contributed by atoms with Gasteiger partial charge in [-0.05, 0) is 24.3 Å². The third kappa shape index (κ3) is 3.28. The van der Waals surface area contributed by atoms with E-state index >= 15 is 0 Å². The van der Waals surface area contributed by atoms with Crippen molar-refractivity contribution in [1.29, 1.82) is 0 Å². The summed E-state index contributed by atoms with van der Waals surface area (Å²) in [5, 5.41) is 9.98. The number of likely N-dealkylation sites (N-methyl/N-ethyl adjacent to an activating group) is 1. The van der Waals surface area contributed by atoms with Gasteiger partial charge in [0.25, 0.3) is 5.91 Å². The summed E-state index contributed by atoms with van der Waals surface area (Å²) < 4.78 is 45.0. The summed E-state index contributed by atoms with van der Waals surface area (Å²) in [5.41, 5.74) is -0.174. The summed E-state index contributed by atoms with van der Waals surface area (Å²) in [7, 11) is 1.59. The lowest BCUT2D eigenvalue weighted by atomic mass is 10.1. The van der Waals surface area contributed by atoms with Gasteiger partial charge >= 0.3 is 6.18 Å². The van der Waals surface area contributed by atoms with E-state index in [4.69, 9.17) is 4.74 Å². The number of hydrogen-bond donors (Lipinski definition) is 1. The number of phenols is 1. The number of amides is 1. The summed E-state index contributed by atoms with van der Waals surface area (Å²) in [6.45, 7) is 1.49. The van der Waals surface area contributed by atoms with Crippen molar-refractivity contribution < 1.29 is 27.8 Å². The number of carbonyl (C=O) groups is 1. The number of para-hydroxylation sites is 1. The van der Waals surface area contributed by atoms with Crippen LogP contribution in [0.2, 0.25) is 0 Å². The second-order valence-electron chi connectivity index (χ2n) is 7.17. The Morgan fingerprint density at radius 1 is 1.18 bits per heavy atom. The average Bonchev–Trinajstić information content (AvgIpc) is 3.00. The predicted octanol–water partition coefficient (Wildman–Crippen LogP) is 3.13. The first-order valence-electron chi connectivity index (χ1n) is 8.88. The van der Waals surface area contributed by atoms with E-state index in [1.54, 1.807) is 19.2 Å². The lowest BCUT2D eigenvalue weighted by Crippen LogP contribution is -2.44. The Balaban J connectivity index is 1.59. The second-order valence-corrected chi connectivity index (χ2v) is 7.17. The highest BCUT2D eigenvalue weighted by molar-refractivity contribution is 5.97. The smallest absolute Gasteiger partial charge is 0.416 e. The fraction of sp³-hybridized carbons (Fsp3) is 0.350. The molecule has 1 N–H and O–H groups in total. The van der Waals surface area contributed by atoms with E-state index in [-0.39, 0.29) is 29.2 Å². The molecule has 0 spiro atoms. The van der Waals surface area contributed by atoms with Crippen molar-refractivity contribution in [3.63, 3.8) is 0 Å². The van der Waals surface area contributed by atoms with Gasteiger partial charge in [-0.25, -0.2) is 0 Å². The number of alkyl halides is 3. The SMILES string of the molecule is CN1C(=O)c2cc(C(F)(F)F)ccc2O[C@H]2CN(Cc3ccccc3O)C[C@H]21. The summed E-state index contributed by atoms with van der Waals surface area (Å²) in [5.74, 6) is -0.121. The molecule has 0 radical (unpaired) electrons. The zero-order valence-corrected chi connectivity index (χ0v) is 15.1. The molecule has 2 aliphatic heterocycles. The van der Waals surface area contributed by atoms with Crippen molar-refractivity contribution in [2.45, 2.75) is 24.9 Å². The molecular formula is C20H19F3N2O3. The van der Waals surface area contributed by atoms with Crippen LogP contribution >= 0.6 is 0 Å². The van der Waals surface area contributed by atoms with Gasteiger partial charge in [0.2, 0.25) is 0 Å². The molecule has 0 aromatic heterocycles. The largest absolute Gasteiger partial charge is 0.508 e. The minimum absolute atomic E-state index is 0.0704. The molecule has 4 rings (SSSR count). The van der Waals surface area contributed by atoms with E-state index < -0.39 is 17.6 Å². The lowest BCUT2D eigenvalue weighted by molar-refractivity contribution is -0.137. The quantitative estimate of drug-likeness (QED) is 0.853. The Morgan fingerprint density at radius 2 is 1.93 bits per heavy atom. The van der Waals surface area contributed by atoms with E-state index in [1.165, 1.54) is 11.0 Å². The van der Waals surface area contributed by atoms with Crippen LogP contribution in [0.1, 0.15) is 21.5 Å². The fourth-order valence-electron chi connectivity index (χ4n) is 3.81. The number of fused-ring (bicyclic) bond motifs is 2. The van der Waals surface area contributed by atoms with Crippen LogP contribution in [-0.4, -0.2) is 53.1 Å². The number of nitrogens with zero attached hydrogens (tertiary/aromatic N) is 2. The van der Waals surface area contributed by atoms with Gasteiger partial charge in [0.15, 0.2) is 0 Å². The van der Waals surface area contributed by atoms with E-state index in [9.17, 15) is 23.1 Å². The Hall–Kier alpha value is -2.74. The van der Waals surface area contributed by atoms with E-state index in [1.807, 2.05) is 12.1 Å². The third-order valence-corrected chi connectivity index (χ3v) is 5.33. The number of carbonyl (C=O) groups excluding carboxylic acids is 1. The van der Waals surface area contributed by atoms with Gasteiger partial charge in [0.05, 0.1) is 17.2 Å². The molecule has 1 fully saturated rings. The van der Waals surface area contributed by atoms with Crippen LogP contribution in [0.4, 0.5) is 13.2 Å². The summed E-state index contributed by atoms with van der Waals surface area (Å²) in [6, 6.07) is 9.74. The standard InChI is InChI=1S/C20H19F3N2O3/c1-24-15-10-25(9-12-4-2-3-5-16(12)26)11-18(15)28-17-7-6-13(20(21,22)23)8-14(17)19(24)27/h2-8,15,18,26H,9-11H2,1H3/t15-,18+/m1/s1. The zero-order valence-electron chi connectivity index (χ0n) is 15.1. The van der Waals surface area contributed by atoms with Crippen LogP contribution in [0, 0.1) is 0 Å². The van der Waals surface area contributed by atoms with Crippen LogP contribution in [0.5, 0.6) is 11.5 Å². The van der Waals surface area contributed by atoms with Gasteiger partial charge in [-0.1, -0.05) is 18.2 Å². The molecule has 2 atom stereocenters. The summed E-state index contributed by atoms with van der Waals surface area (Å²) in [4.78, 5) is 16.3. The van der Waals surface area contributed by atoms with Gasteiger partial charge in [-0.3, -0.25) is 9.69 Å². The molecule has 0 saturated carbocycles. The highest BCUT2D eigenvalue weighted by Crippen LogP contribution is 2.36. The molecule has 1 amide bonds. The maximum Gasteiger partial charge on any atom is 0.416 e. The van der Waals surface area contributed by atoms with Gasteiger partial charge in [-0.15, -0.1) is 0 Å². The van der Waals surface area contributed by atoms with Crippen molar-refractivity contribution >= 4 is 5.91 Å². The molecule has 148 valence electrons. The third-order valence-electron chi connectivity index (χ3n) is 5.33. The van der Waals surface area contributed by atoms with Gasteiger partial charge in [0, 0.05) is 32.2 Å². The van der Waals surface area contributed by atoms with Gasteiger partial charge in [-0.2, -0.15) is 13.2 Å². The number of aromatic hydroxyl groups is 1. The predicted molar refractivity (Wildman–Crippen MR) is 95.1 cm³/mol. The Bertz CT molecular complexity index is 916. The molecule has 2 heterocycles. The minimum Gasteiger partial charge on any atom is -0.508 e. The summed E-state index contributed by atoms with van der Waals surface area (Å²) in [6.07, 6.45) is -4.89. The van der Waals surface area contributed by atoms with E-state index in [2.05, 4.69) is 4.90 Å². The number of phenolic OH excluding ortho intramolecular Hbond substituents is 1. The molecule has 0 aliphatic carbocycles. The average molecular weight is 392 g/mol. The molecule has 5 nitrogen and oxygen atoms in total. The number of ether oxygens (including phenoxy) is 1. The fourth-order valence-corrected chi connectivity index (χ4v) is 3.81. The molecule has 8 heteroatoms. The Labute approximate surface area is 159 Å². The molecule has 28 heavy (non-hydrogen) atoms. The van der Waals surface area contributed by atoms with E-state index in [0.717, 1.165) is 17.7 Å². The molecular weight excluding hydrogens is 373 g/mol. The van der Waals surface area contributed by atoms with Crippen LogP contribution in [-0.2, 0) is 12.7 Å². The van der Waals surface area contributed by atoms with Gasteiger partial charge in [0.1, 0.15) is 17.6 Å². The van der Waals surface area contributed by atoms with Crippen molar-refractivity contribution in [2.24, 2.45) is 0 Å². The van der Waals surface area contributed by atoms with Crippen LogP contribution in [0.15, 0.2) is 42.5 Å². The number of likely N-dealkylation sites (tertiary alicyclic amines) is 1. The first-order chi connectivity index (χ1) is 13.2. The normalized spacial score (nSPS) is 22.4. The molecule has 2 aromatic rings. The summed E-state index contributed by atoms with van der Waals surface area (Å²) >= 11 is 0. The Morgan fingerprint density at radius 3 is 2.64 bits per heavy atom. The number of benzene rings is 2. The molecule has 1 saturated heterocycles. The first kappa shape index (κ1) is 18.6. The number of rotatable bonds is 2. The Kier molecular flexibility index (Phi) is 4.45. The van der Waals surface area contributed by atoms with E-state index in [0.29, 0.717) is 19.6 Å². The topological polar surface area (TPSA) is 53.0 Å². The maximum atomic E-state index is 13.0. The number of hydrogen-bond acceptors (Lipinski definition) is 4. The van der Waals surface area contributed by atoms with Crippen LogP contribution < -0.4 is 4.74 Å². The van der Waals surface area contributed by atoms with Gasteiger partial charge < -0.3 is 14.7 Å². The first-order valence-corrected chi connectivity index (χ1v) is 8.88. The lowest BCUT2D eigenvalue weighted by Gasteiger charge is -2.25.